The first-order valence-electron chi connectivity index (χ1n) is 6.45. The van der Waals surface area contributed by atoms with Crippen LogP contribution >= 0.6 is 0 Å². The number of aromatic nitrogens is 4. The summed E-state index contributed by atoms with van der Waals surface area (Å²) in [4.78, 5) is 12.6. The summed E-state index contributed by atoms with van der Waals surface area (Å²) in [5.74, 6) is -0.812. The number of carboxylic acids is 1. The molecule has 0 aliphatic rings. The average molecular weight is 277 g/mol. The Balaban J connectivity index is 1.84. The van der Waals surface area contributed by atoms with Gasteiger partial charge in [0.15, 0.2) is 0 Å². The number of nitrogens with zero attached hydrogens (tertiary/aromatic N) is 4. The van der Waals surface area contributed by atoms with Gasteiger partial charge in [-0.05, 0) is 20.0 Å². The Hall–Kier alpha value is -2.15. The number of nitrogens with one attached hydrogen (secondary N) is 1. The maximum Gasteiger partial charge on any atom is 0.305 e. The van der Waals surface area contributed by atoms with E-state index in [2.05, 4.69) is 20.2 Å². The Bertz CT molecular complexity index is 575. The molecule has 0 bridgehead atoms. The number of H-pyrrole nitrogens is 1. The Kier molecular flexibility index (Phi) is 4.52. The molecule has 7 nitrogen and oxygen atoms in total. The maximum atomic E-state index is 10.5. The quantitative estimate of drug-likeness (QED) is 0.789. The number of hydrogen-bond acceptors (Lipinski definition) is 4. The summed E-state index contributed by atoms with van der Waals surface area (Å²) >= 11 is 0. The first-order chi connectivity index (χ1) is 9.52. The third-order valence-corrected chi connectivity index (χ3v) is 2.88. The van der Waals surface area contributed by atoms with Crippen molar-refractivity contribution in [1.82, 2.24) is 24.9 Å². The van der Waals surface area contributed by atoms with E-state index in [4.69, 9.17) is 5.11 Å². The molecule has 0 radical (unpaired) electrons. The van der Waals surface area contributed by atoms with Gasteiger partial charge in [-0.15, -0.1) is 0 Å². The number of carboxylic acid groups (broad SMARTS) is 1. The minimum atomic E-state index is -0.812. The Morgan fingerprint density at radius 3 is 2.95 bits per heavy atom. The van der Waals surface area contributed by atoms with Crippen molar-refractivity contribution in [3.05, 3.63) is 35.4 Å². The normalized spacial score (nSPS) is 11.2. The number of aromatic amines is 1. The predicted molar refractivity (Wildman–Crippen MR) is 73.0 cm³/mol. The second-order valence-electron chi connectivity index (χ2n) is 4.97. The van der Waals surface area contributed by atoms with E-state index in [1.807, 2.05) is 26.2 Å². The monoisotopic (exact) mass is 277 g/mol. The summed E-state index contributed by atoms with van der Waals surface area (Å²) in [6.45, 7) is 3.88. The lowest BCUT2D eigenvalue weighted by Crippen LogP contribution is -2.17. The summed E-state index contributed by atoms with van der Waals surface area (Å²) < 4.78 is 1.66. The minimum Gasteiger partial charge on any atom is -0.481 e. The van der Waals surface area contributed by atoms with Crippen molar-refractivity contribution in [2.45, 2.75) is 33.0 Å². The topological polar surface area (TPSA) is 87.0 Å². The first kappa shape index (κ1) is 14.3. The number of carbonyl (C=O) groups is 1. The van der Waals surface area contributed by atoms with Gasteiger partial charge >= 0.3 is 5.97 Å². The number of aryl methyl sites for hydroxylation is 2. The fraction of sp³-hybridized carbons (Fsp3) is 0.462. The standard InChI is InChI=1S/C13H19N5O2/c1-10-5-12(16-15-10)9-17(2)7-11-6-14-18(8-11)4-3-13(19)20/h5-6,8H,3-4,7,9H2,1-2H3,(H,15,16)(H,19,20). The lowest BCUT2D eigenvalue weighted by atomic mass is 10.3. The van der Waals surface area contributed by atoms with Crippen LogP contribution in [0, 0.1) is 6.92 Å². The van der Waals surface area contributed by atoms with Crippen LogP contribution in [0.5, 0.6) is 0 Å². The third kappa shape index (κ3) is 4.20. The van der Waals surface area contributed by atoms with E-state index >= 15 is 0 Å². The number of rotatable bonds is 7. The van der Waals surface area contributed by atoms with Crippen LogP contribution in [-0.4, -0.2) is 43.0 Å². The van der Waals surface area contributed by atoms with Gasteiger partial charge in [0.25, 0.3) is 0 Å². The summed E-state index contributed by atoms with van der Waals surface area (Å²) in [6.07, 6.45) is 3.74. The fourth-order valence-electron chi connectivity index (χ4n) is 2.02. The lowest BCUT2D eigenvalue weighted by Gasteiger charge is -2.13. The van der Waals surface area contributed by atoms with Crippen molar-refractivity contribution in [3.8, 4) is 0 Å². The van der Waals surface area contributed by atoms with E-state index in [0.29, 0.717) is 6.54 Å². The van der Waals surface area contributed by atoms with Crippen LogP contribution in [-0.2, 0) is 24.4 Å². The SMILES string of the molecule is Cc1cc(CN(C)Cc2cnn(CCC(=O)O)c2)n[nH]1. The van der Waals surface area contributed by atoms with E-state index in [1.165, 1.54) is 0 Å². The molecule has 0 aliphatic heterocycles. The first-order valence-corrected chi connectivity index (χ1v) is 6.45. The zero-order valence-electron chi connectivity index (χ0n) is 11.7. The molecule has 7 heteroatoms. The van der Waals surface area contributed by atoms with Crippen LogP contribution < -0.4 is 0 Å². The molecule has 0 aromatic carbocycles. The molecule has 0 saturated heterocycles. The highest BCUT2D eigenvalue weighted by Crippen LogP contribution is 2.07. The molecule has 2 N–H and O–H groups in total. The summed E-state index contributed by atoms with van der Waals surface area (Å²) in [5.41, 5.74) is 3.11. The summed E-state index contributed by atoms with van der Waals surface area (Å²) in [5, 5.41) is 19.9. The molecule has 0 spiro atoms. The van der Waals surface area contributed by atoms with Crippen LogP contribution in [0.1, 0.15) is 23.4 Å². The summed E-state index contributed by atoms with van der Waals surface area (Å²) in [7, 11) is 2.01. The third-order valence-electron chi connectivity index (χ3n) is 2.88. The van der Waals surface area contributed by atoms with Crippen molar-refractivity contribution in [1.29, 1.82) is 0 Å². The van der Waals surface area contributed by atoms with E-state index < -0.39 is 5.97 Å². The smallest absolute Gasteiger partial charge is 0.305 e. The molecule has 0 atom stereocenters. The van der Waals surface area contributed by atoms with Gasteiger partial charge in [0.2, 0.25) is 0 Å². The van der Waals surface area contributed by atoms with E-state index in [1.54, 1.807) is 10.9 Å². The molecule has 2 aromatic heterocycles. The van der Waals surface area contributed by atoms with Gasteiger partial charge in [-0.25, -0.2) is 0 Å². The molecule has 108 valence electrons. The predicted octanol–water partition coefficient (Wildman–Crippen LogP) is 1.02. The van der Waals surface area contributed by atoms with Gasteiger partial charge in [-0.2, -0.15) is 10.2 Å². The van der Waals surface area contributed by atoms with Crippen molar-refractivity contribution >= 4 is 5.97 Å². The molecule has 0 aliphatic carbocycles. The number of aliphatic carboxylic acids is 1. The molecule has 20 heavy (non-hydrogen) atoms. The molecule has 0 fully saturated rings. The van der Waals surface area contributed by atoms with E-state index in [9.17, 15) is 4.79 Å². The fourth-order valence-corrected chi connectivity index (χ4v) is 2.02. The van der Waals surface area contributed by atoms with Crippen LogP contribution in [0.4, 0.5) is 0 Å². The number of hydrogen-bond donors (Lipinski definition) is 2. The lowest BCUT2D eigenvalue weighted by molar-refractivity contribution is -0.137. The maximum absolute atomic E-state index is 10.5. The zero-order chi connectivity index (χ0) is 14.5. The molecule has 0 saturated carbocycles. The highest BCUT2D eigenvalue weighted by molar-refractivity contribution is 5.66. The Labute approximate surface area is 117 Å². The molecular formula is C13H19N5O2. The van der Waals surface area contributed by atoms with E-state index in [-0.39, 0.29) is 6.42 Å². The average Bonchev–Trinajstić information content (AvgIpc) is 2.96. The van der Waals surface area contributed by atoms with Crippen LogP contribution in [0.15, 0.2) is 18.5 Å². The molecule has 2 rings (SSSR count). The molecule has 2 heterocycles. The Morgan fingerprint density at radius 2 is 2.30 bits per heavy atom. The van der Waals surface area contributed by atoms with Crippen LogP contribution in [0.2, 0.25) is 0 Å². The van der Waals surface area contributed by atoms with Crippen LogP contribution in [0.3, 0.4) is 0 Å². The van der Waals surface area contributed by atoms with Crippen molar-refractivity contribution in [2.75, 3.05) is 7.05 Å². The van der Waals surface area contributed by atoms with Crippen molar-refractivity contribution in [2.24, 2.45) is 0 Å². The second-order valence-corrected chi connectivity index (χ2v) is 4.97. The van der Waals surface area contributed by atoms with E-state index in [0.717, 1.165) is 30.0 Å². The Morgan fingerprint density at radius 1 is 1.50 bits per heavy atom. The van der Waals surface area contributed by atoms with Gasteiger partial charge in [0.1, 0.15) is 0 Å². The van der Waals surface area contributed by atoms with Gasteiger partial charge in [0, 0.05) is 30.5 Å². The highest BCUT2D eigenvalue weighted by Gasteiger charge is 2.07. The van der Waals surface area contributed by atoms with Crippen molar-refractivity contribution in [3.63, 3.8) is 0 Å². The van der Waals surface area contributed by atoms with Gasteiger partial charge in [-0.1, -0.05) is 0 Å². The van der Waals surface area contributed by atoms with Crippen LogP contribution in [0.25, 0.3) is 0 Å². The highest BCUT2D eigenvalue weighted by atomic mass is 16.4. The molecular weight excluding hydrogens is 258 g/mol. The van der Waals surface area contributed by atoms with Gasteiger partial charge in [-0.3, -0.25) is 19.5 Å². The zero-order valence-corrected chi connectivity index (χ0v) is 11.7. The summed E-state index contributed by atoms with van der Waals surface area (Å²) in [6, 6.07) is 2.02. The largest absolute Gasteiger partial charge is 0.481 e. The molecule has 2 aromatic rings. The van der Waals surface area contributed by atoms with Gasteiger partial charge < -0.3 is 5.11 Å². The second kappa shape index (κ2) is 6.33. The molecule has 0 unspecified atom stereocenters. The molecule has 0 amide bonds. The van der Waals surface area contributed by atoms with Crippen molar-refractivity contribution < 1.29 is 9.90 Å². The minimum absolute atomic E-state index is 0.0868. The van der Waals surface area contributed by atoms with Gasteiger partial charge in [0.05, 0.1) is 24.9 Å².